The lowest BCUT2D eigenvalue weighted by Gasteiger charge is -2.13. The number of carbonyl (C=O) groups excluding carboxylic acids is 2. The Labute approximate surface area is 166 Å². The molecule has 0 spiro atoms. The summed E-state index contributed by atoms with van der Waals surface area (Å²) in [5.74, 6) is -0.435. The largest absolute Gasteiger partial charge is 0.352 e. The summed E-state index contributed by atoms with van der Waals surface area (Å²) >= 11 is 0. The SMILES string of the molecule is O=C(NCCc1ccccc1)c1ccnc(C(=O)NCCC2=CCCCC2)c1. The highest BCUT2D eigenvalue weighted by molar-refractivity contribution is 5.98. The van der Waals surface area contributed by atoms with E-state index < -0.39 is 0 Å². The van der Waals surface area contributed by atoms with E-state index in [1.54, 1.807) is 12.1 Å². The predicted molar refractivity (Wildman–Crippen MR) is 110 cm³/mol. The number of benzene rings is 1. The highest BCUT2D eigenvalue weighted by Crippen LogP contribution is 2.19. The molecule has 0 fully saturated rings. The quantitative estimate of drug-likeness (QED) is 0.690. The van der Waals surface area contributed by atoms with Gasteiger partial charge in [-0.2, -0.15) is 0 Å². The number of nitrogens with zero attached hydrogens (tertiary/aromatic N) is 1. The van der Waals surface area contributed by atoms with E-state index >= 15 is 0 Å². The van der Waals surface area contributed by atoms with Crippen molar-refractivity contribution in [1.82, 2.24) is 15.6 Å². The molecule has 2 aromatic rings. The zero-order valence-electron chi connectivity index (χ0n) is 16.1. The molecule has 1 aliphatic carbocycles. The van der Waals surface area contributed by atoms with Gasteiger partial charge < -0.3 is 10.6 Å². The average Bonchev–Trinajstić information content (AvgIpc) is 2.75. The zero-order chi connectivity index (χ0) is 19.6. The van der Waals surface area contributed by atoms with Crippen LogP contribution in [0.25, 0.3) is 0 Å². The molecule has 0 radical (unpaired) electrons. The smallest absolute Gasteiger partial charge is 0.269 e. The minimum atomic E-state index is -0.240. The van der Waals surface area contributed by atoms with Crippen LogP contribution in [0.1, 0.15) is 58.5 Å². The van der Waals surface area contributed by atoms with Crippen LogP contribution in [-0.2, 0) is 6.42 Å². The van der Waals surface area contributed by atoms with Crippen molar-refractivity contribution in [3.05, 3.63) is 77.1 Å². The Hall–Kier alpha value is -2.95. The molecule has 1 heterocycles. The number of hydrogen-bond donors (Lipinski definition) is 2. The van der Waals surface area contributed by atoms with Crippen molar-refractivity contribution in [3.8, 4) is 0 Å². The maximum absolute atomic E-state index is 12.4. The van der Waals surface area contributed by atoms with Crippen LogP contribution in [-0.4, -0.2) is 29.9 Å². The molecule has 5 heteroatoms. The fourth-order valence-electron chi connectivity index (χ4n) is 3.32. The van der Waals surface area contributed by atoms with E-state index in [2.05, 4.69) is 21.7 Å². The van der Waals surface area contributed by atoms with Crippen LogP contribution in [0.2, 0.25) is 0 Å². The first-order valence-electron chi connectivity index (χ1n) is 9.96. The Balaban J connectivity index is 1.47. The molecule has 0 saturated carbocycles. The van der Waals surface area contributed by atoms with Crippen LogP contribution in [0, 0.1) is 0 Å². The Morgan fingerprint density at radius 1 is 0.929 bits per heavy atom. The molecule has 0 saturated heterocycles. The molecule has 1 aliphatic rings. The second kappa shape index (κ2) is 10.4. The van der Waals surface area contributed by atoms with Crippen molar-refractivity contribution in [2.45, 2.75) is 38.5 Å². The minimum Gasteiger partial charge on any atom is -0.352 e. The highest BCUT2D eigenvalue weighted by Gasteiger charge is 2.12. The van der Waals surface area contributed by atoms with Gasteiger partial charge in [0.15, 0.2) is 0 Å². The van der Waals surface area contributed by atoms with Crippen LogP contribution in [0.3, 0.4) is 0 Å². The third-order valence-electron chi connectivity index (χ3n) is 4.91. The van der Waals surface area contributed by atoms with Gasteiger partial charge in [0, 0.05) is 24.8 Å². The number of carbonyl (C=O) groups is 2. The molecule has 5 nitrogen and oxygen atoms in total. The van der Waals surface area contributed by atoms with Gasteiger partial charge in [-0.05, 0) is 56.2 Å². The van der Waals surface area contributed by atoms with Gasteiger partial charge in [0.1, 0.15) is 5.69 Å². The molecule has 146 valence electrons. The van der Waals surface area contributed by atoms with Gasteiger partial charge in [-0.25, -0.2) is 0 Å². The first-order valence-corrected chi connectivity index (χ1v) is 9.96. The number of hydrogen-bond acceptors (Lipinski definition) is 3. The fourth-order valence-corrected chi connectivity index (χ4v) is 3.32. The summed E-state index contributed by atoms with van der Waals surface area (Å²) in [4.78, 5) is 28.8. The van der Waals surface area contributed by atoms with Crippen molar-refractivity contribution in [3.63, 3.8) is 0 Å². The van der Waals surface area contributed by atoms with Gasteiger partial charge in [0.2, 0.25) is 0 Å². The van der Waals surface area contributed by atoms with Crippen molar-refractivity contribution in [2.75, 3.05) is 13.1 Å². The summed E-state index contributed by atoms with van der Waals surface area (Å²) in [5.41, 5.74) is 3.31. The summed E-state index contributed by atoms with van der Waals surface area (Å²) in [7, 11) is 0. The van der Waals surface area contributed by atoms with E-state index in [1.165, 1.54) is 30.2 Å². The van der Waals surface area contributed by atoms with Gasteiger partial charge in [0.05, 0.1) is 0 Å². The van der Waals surface area contributed by atoms with E-state index in [9.17, 15) is 9.59 Å². The van der Waals surface area contributed by atoms with Gasteiger partial charge in [0.25, 0.3) is 11.8 Å². The first kappa shape index (κ1) is 19.8. The highest BCUT2D eigenvalue weighted by atomic mass is 16.2. The van der Waals surface area contributed by atoms with Crippen molar-refractivity contribution in [1.29, 1.82) is 0 Å². The van der Waals surface area contributed by atoms with E-state index in [4.69, 9.17) is 0 Å². The zero-order valence-corrected chi connectivity index (χ0v) is 16.1. The molecule has 1 aromatic carbocycles. The molecule has 0 atom stereocenters. The summed E-state index contributed by atoms with van der Waals surface area (Å²) in [6.45, 7) is 1.14. The summed E-state index contributed by atoms with van der Waals surface area (Å²) in [5, 5.41) is 5.80. The monoisotopic (exact) mass is 377 g/mol. The number of amides is 2. The van der Waals surface area contributed by atoms with Gasteiger partial charge >= 0.3 is 0 Å². The molecule has 0 bridgehead atoms. The normalized spacial score (nSPS) is 13.5. The van der Waals surface area contributed by atoms with E-state index in [1.807, 2.05) is 30.3 Å². The molecule has 28 heavy (non-hydrogen) atoms. The summed E-state index contributed by atoms with van der Waals surface area (Å²) in [6.07, 6.45) is 10.2. The van der Waals surface area contributed by atoms with E-state index in [0.29, 0.717) is 18.7 Å². The van der Waals surface area contributed by atoms with Gasteiger partial charge in [-0.1, -0.05) is 42.0 Å². The first-order chi connectivity index (χ1) is 13.7. The van der Waals surface area contributed by atoms with Crippen molar-refractivity contribution < 1.29 is 9.59 Å². The Kier molecular flexibility index (Phi) is 7.36. The van der Waals surface area contributed by atoms with Gasteiger partial charge in [-0.15, -0.1) is 0 Å². The number of aromatic nitrogens is 1. The van der Waals surface area contributed by atoms with Crippen LogP contribution in [0.15, 0.2) is 60.3 Å². The Bertz CT molecular complexity index is 831. The van der Waals surface area contributed by atoms with Crippen molar-refractivity contribution in [2.24, 2.45) is 0 Å². The predicted octanol–water partition coefficient (Wildman–Crippen LogP) is 3.67. The minimum absolute atomic E-state index is 0.195. The number of nitrogens with one attached hydrogen (secondary N) is 2. The summed E-state index contributed by atoms with van der Waals surface area (Å²) < 4.78 is 0. The van der Waals surface area contributed by atoms with Crippen LogP contribution < -0.4 is 10.6 Å². The van der Waals surface area contributed by atoms with Crippen LogP contribution in [0.4, 0.5) is 0 Å². The van der Waals surface area contributed by atoms with Gasteiger partial charge in [-0.3, -0.25) is 14.6 Å². The number of pyridine rings is 1. The Morgan fingerprint density at radius 3 is 2.50 bits per heavy atom. The molecular weight excluding hydrogens is 350 g/mol. The Morgan fingerprint density at radius 2 is 1.71 bits per heavy atom. The molecular formula is C23H27N3O2. The number of rotatable bonds is 8. The molecule has 3 rings (SSSR count). The molecule has 2 N–H and O–H groups in total. The standard InChI is InChI=1S/C23H27N3O2/c27-22(25-14-11-18-7-3-1-4-8-18)20-13-16-24-21(17-20)23(28)26-15-12-19-9-5-2-6-10-19/h1,3-4,7-9,13,16-17H,2,5-6,10-12,14-15H2,(H,25,27)(H,26,28). The number of allylic oxidation sites excluding steroid dienone is 1. The average molecular weight is 377 g/mol. The van der Waals surface area contributed by atoms with E-state index in [0.717, 1.165) is 25.7 Å². The molecule has 0 unspecified atom stereocenters. The lowest BCUT2D eigenvalue weighted by Crippen LogP contribution is -2.28. The van der Waals surface area contributed by atoms with E-state index in [-0.39, 0.29) is 17.5 Å². The second-order valence-electron chi connectivity index (χ2n) is 7.04. The molecule has 0 aliphatic heterocycles. The van der Waals surface area contributed by atoms with Crippen LogP contribution >= 0.6 is 0 Å². The molecule has 2 amide bonds. The third-order valence-corrected chi connectivity index (χ3v) is 4.91. The maximum Gasteiger partial charge on any atom is 0.269 e. The maximum atomic E-state index is 12.4. The summed E-state index contributed by atoms with van der Waals surface area (Å²) in [6, 6.07) is 13.2. The van der Waals surface area contributed by atoms with Crippen LogP contribution in [0.5, 0.6) is 0 Å². The fraction of sp³-hybridized carbons (Fsp3) is 0.348. The molecule has 1 aromatic heterocycles. The lowest BCUT2D eigenvalue weighted by atomic mass is 9.97. The lowest BCUT2D eigenvalue weighted by molar-refractivity contribution is 0.0949. The van der Waals surface area contributed by atoms with Crippen molar-refractivity contribution >= 4 is 11.8 Å². The second-order valence-corrected chi connectivity index (χ2v) is 7.04. The topological polar surface area (TPSA) is 71.1 Å². The third kappa shape index (κ3) is 6.05.